The molecule has 47 heavy (non-hydrogen) atoms. The molecule has 3 aliphatic heterocycles. The van der Waals surface area contributed by atoms with Gasteiger partial charge in [0.2, 0.25) is 5.79 Å². The standard InChI is InChI=1S/C30H54O17/c1-2-3-4-5-6-7-8-9-10-11-19(33)42-13-17-20(34)23(37)25(39)28(44-17)43-14-18-21(35)24(38)26(40)29(45-18)47-30(15-32)27(41)22(36)16(12-31)46-30/h16-18,20-29,31-32,34-41H,2-15H2,1H3/t16-,17-,18-,20+,21-,22-,23+,24+,25-,26-,27+,28?,29?,30+/m1/s1. The van der Waals surface area contributed by atoms with Gasteiger partial charge in [0.05, 0.1) is 13.2 Å². The van der Waals surface area contributed by atoms with Gasteiger partial charge in [0.1, 0.15) is 80.4 Å². The molecule has 0 aromatic heterocycles. The monoisotopic (exact) mass is 686 g/mol. The van der Waals surface area contributed by atoms with Crippen LogP contribution in [0.2, 0.25) is 0 Å². The molecular formula is C30H54O17. The molecule has 3 saturated heterocycles. The summed E-state index contributed by atoms with van der Waals surface area (Å²) < 4.78 is 32.5. The molecule has 3 fully saturated rings. The number of aliphatic hydroxyl groups is 10. The van der Waals surface area contributed by atoms with Crippen molar-refractivity contribution < 1.29 is 84.3 Å². The first-order chi connectivity index (χ1) is 22.4. The second-order valence-electron chi connectivity index (χ2n) is 12.5. The van der Waals surface area contributed by atoms with Gasteiger partial charge in [-0.2, -0.15) is 0 Å². The number of aliphatic hydroxyl groups excluding tert-OH is 10. The molecule has 0 aromatic carbocycles. The van der Waals surface area contributed by atoms with Crippen molar-refractivity contribution in [3.63, 3.8) is 0 Å². The smallest absolute Gasteiger partial charge is 0.305 e. The van der Waals surface area contributed by atoms with E-state index < -0.39 is 118 Å². The highest BCUT2D eigenvalue weighted by atomic mass is 16.8. The number of hydrogen-bond acceptors (Lipinski definition) is 17. The summed E-state index contributed by atoms with van der Waals surface area (Å²) in [6.07, 6.45) is -12.3. The molecule has 3 rings (SSSR count). The lowest BCUT2D eigenvalue weighted by Gasteiger charge is -2.44. The van der Waals surface area contributed by atoms with Crippen molar-refractivity contribution in [3.8, 4) is 0 Å². The lowest BCUT2D eigenvalue weighted by Crippen LogP contribution is -2.63. The van der Waals surface area contributed by atoms with E-state index in [9.17, 15) is 55.9 Å². The van der Waals surface area contributed by atoms with Crippen molar-refractivity contribution in [1.29, 1.82) is 0 Å². The normalized spacial score (nSPS) is 40.9. The molecule has 0 radical (unpaired) electrons. The Balaban J connectivity index is 1.50. The topological polar surface area (TPSA) is 275 Å². The molecule has 0 saturated carbocycles. The summed E-state index contributed by atoms with van der Waals surface area (Å²) >= 11 is 0. The Bertz CT molecular complexity index is 914. The van der Waals surface area contributed by atoms with Crippen LogP contribution >= 0.6 is 0 Å². The van der Waals surface area contributed by atoms with Crippen molar-refractivity contribution in [2.75, 3.05) is 26.4 Å². The van der Waals surface area contributed by atoms with Gasteiger partial charge in [-0.05, 0) is 6.42 Å². The highest BCUT2D eigenvalue weighted by molar-refractivity contribution is 5.69. The van der Waals surface area contributed by atoms with E-state index in [0.29, 0.717) is 6.42 Å². The van der Waals surface area contributed by atoms with Crippen LogP contribution in [-0.2, 0) is 33.2 Å². The third kappa shape index (κ3) is 10.4. The van der Waals surface area contributed by atoms with Crippen LogP contribution in [-0.4, -0.2) is 169 Å². The molecule has 0 aliphatic carbocycles. The first kappa shape index (κ1) is 40.3. The van der Waals surface area contributed by atoms with E-state index in [1.807, 2.05) is 0 Å². The first-order valence-electron chi connectivity index (χ1n) is 16.5. The van der Waals surface area contributed by atoms with Gasteiger partial charge < -0.3 is 79.5 Å². The summed E-state index contributed by atoms with van der Waals surface area (Å²) in [5.41, 5.74) is 0. The van der Waals surface area contributed by atoms with Crippen LogP contribution in [0, 0.1) is 0 Å². The van der Waals surface area contributed by atoms with Gasteiger partial charge >= 0.3 is 5.97 Å². The maximum atomic E-state index is 12.3. The lowest BCUT2D eigenvalue weighted by atomic mass is 9.98. The maximum absolute atomic E-state index is 12.3. The van der Waals surface area contributed by atoms with Gasteiger partial charge in [0, 0.05) is 6.42 Å². The van der Waals surface area contributed by atoms with E-state index in [2.05, 4.69) is 6.92 Å². The van der Waals surface area contributed by atoms with Gasteiger partial charge in [-0.15, -0.1) is 0 Å². The van der Waals surface area contributed by atoms with Crippen molar-refractivity contribution in [2.24, 2.45) is 0 Å². The number of unbranched alkanes of at least 4 members (excludes halogenated alkanes) is 8. The Morgan fingerprint density at radius 3 is 1.72 bits per heavy atom. The van der Waals surface area contributed by atoms with E-state index in [0.717, 1.165) is 19.3 Å². The van der Waals surface area contributed by atoms with Crippen molar-refractivity contribution in [2.45, 2.75) is 157 Å². The number of rotatable bonds is 19. The van der Waals surface area contributed by atoms with Gasteiger partial charge in [0.15, 0.2) is 12.6 Å². The zero-order valence-corrected chi connectivity index (χ0v) is 26.7. The van der Waals surface area contributed by atoms with Crippen LogP contribution in [0.1, 0.15) is 71.1 Å². The molecule has 0 bridgehead atoms. The molecule has 17 nitrogen and oxygen atoms in total. The molecular weight excluding hydrogens is 632 g/mol. The molecule has 14 atom stereocenters. The second kappa shape index (κ2) is 19.3. The van der Waals surface area contributed by atoms with E-state index in [1.165, 1.54) is 32.1 Å². The van der Waals surface area contributed by atoms with Crippen LogP contribution in [0.25, 0.3) is 0 Å². The van der Waals surface area contributed by atoms with Crippen molar-refractivity contribution >= 4 is 5.97 Å². The van der Waals surface area contributed by atoms with Crippen LogP contribution in [0.4, 0.5) is 0 Å². The summed E-state index contributed by atoms with van der Waals surface area (Å²) in [6.45, 7) is -0.751. The highest BCUT2D eigenvalue weighted by Crippen LogP contribution is 2.36. The fourth-order valence-electron chi connectivity index (χ4n) is 5.83. The minimum atomic E-state index is -2.38. The molecule has 2 unspecified atom stereocenters. The quantitative estimate of drug-likeness (QED) is 0.0476. The predicted molar refractivity (Wildman–Crippen MR) is 157 cm³/mol. The molecule has 0 aromatic rings. The van der Waals surface area contributed by atoms with E-state index in [4.69, 9.17) is 28.4 Å². The zero-order chi connectivity index (χ0) is 34.7. The Kier molecular flexibility index (Phi) is 16.6. The number of carbonyl (C=O) groups is 1. The number of carbonyl (C=O) groups excluding carboxylic acids is 1. The molecule has 10 N–H and O–H groups in total. The SMILES string of the molecule is CCCCCCCCCCCC(=O)OC[C@H]1OC(OC[C@H]2OC(O[C@]3(CO)O[C@H](CO)[C@@H](O)[C@@H]3O)[C@H](O)[C@@H](O)[C@@H]2O)[C@H](O)[C@@H](O)[C@H]1O. The van der Waals surface area contributed by atoms with E-state index in [-0.39, 0.29) is 6.42 Å². The minimum absolute atomic E-state index is 0.164. The minimum Gasteiger partial charge on any atom is -0.463 e. The molecule has 3 aliphatic rings. The Labute approximate surface area is 273 Å². The van der Waals surface area contributed by atoms with Crippen molar-refractivity contribution in [3.05, 3.63) is 0 Å². The third-order valence-electron chi connectivity index (χ3n) is 8.88. The Morgan fingerprint density at radius 2 is 1.17 bits per heavy atom. The summed E-state index contributed by atoms with van der Waals surface area (Å²) in [4.78, 5) is 12.3. The largest absolute Gasteiger partial charge is 0.463 e. The zero-order valence-electron chi connectivity index (χ0n) is 26.7. The fourth-order valence-corrected chi connectivity index (χ4v) is 5.83. The summed E-state index contributed by atoms with van der Waals surface area (Å²) in [5, 5.41) is 102. The number of ether oxygens (including phenoxy) is 6. The molecule has 17 heteroatoms. The predicted octanol–water partition coefficient (Wildman–Crippen LogP) is -3.10. The first-order valence-corrected chi connectivity index (χ1v) is 16.5. The molecule has 3 heterocycles. The van der Waals surface area contributed by atoms with E-state index >= 15 is 0 Å². The van der Waals surface area contributed by atoms with Crippen LogP contribution < -0.4 is 0 Å². The van der Waals surface area contributed by atoms with Gasteiger partial charge in [-0.25, -0.2) is 0 Å². The average Bonchev–Trinajstić information content (AvgIpc) is 3.31. The number of hydrogen-bond donors (Lipinski definition) is 10. The fraction of sp³-hybridized carbons (Fsp3) is 0.967. The number of esters is 1. The molecule has 0 spiro atoms. The van der Waals surface area contributed by atoms with E-state index in [1.54, 1.807) is 0 Å². The van der Waals surface area contributed by atoms with Gasteiger partial charge in [-0.3, -0.25) is 4.79 Å². The highest BCUT2D eigenvalue weighted by Gasteiger charge is 2.58. The van der Waals surface area contributed by atoms with Gasteiger partial charge in [0.25, 0.3) is 0 Å². The van der Waals surface area contributed by atoms with Crippen molar-refractivity contribution in [1.82, 2.24) is 0 Å². The maximum Gasteiger partial charge on any atom is 0.305 e. The molecule has 276 valence electrons. The van der Waals surface area contributed by atoms with Gasteiger partial charge in [-0.1, -0.05) is 58.3 Å². The van der Waals surface area contributed by atoms with Crippen LogP contribution in [0.3, 0.4) is 0 Å². The Hall–Kier alpha value is -1.13. The molecule has 0 amide bonds. The summed E-state index contributed by atoms with van der Waals surface area (Å²) in [7, 11) is 0. The summed E-state index contributed by atoms with van der Waals surface area (Å²) in [5.74, 6) is -2.90. The third-order valence-corrected chi connectivity index (χ3v) is 8.88. The van der Waals surface area contributed by atoms with Crippen LogP contribution in [0.5, 0.6) is 0 Å². The average molecular weight is 687 g/mol. The summed E-state index contributed by atoms with van der Waals surface area (Å²) in [6, 6.07) is 0. The Morgan fingerprint density at radius 1 is 0.638 bits per heavy atom. The lowest BCUT2D eigenvalue weighted by molar-refractivity contribution is -0.388. The second-order valence-corrected chi connectivity index (χ2v) is 12.5. The van der Waals surface area contributed by atoms with Crippen LogP contribution in [0.15, 0.2) is 0 Å².